The van der Waals surface area contributed by atoms with Gasteiger partial charge in [-0.15, -0.1) is 0 Å². The van der Waals surface area contributed by atoms with Crippen LogP contribution in [0.2, 0.25) is 0 Å². The van der Waals surface area contributed by atoms with E-state index >= 15 is 0 Å². The molecule has 4 atom stereocenters. The Morgan fingerprint density at radius 1 is 0.880 bits per heavy atom. The van der Waals surface area contributed by atoms with E-state index in [1.165, 1.54) is 0 Å². The summed E-state index contributed by atoms with van der Waals surface area (Å²) in [5, 5.41) is 19.9. The van der Waals surface area contributed by atoms with Gasteiger partial charge in [0.25, 0.3) is 0 Å². The third-order valence-corrected chi connectivity index (χ3v) is 4.33. The number of hydrogen-bond acceptors (Lipinski definition) is 5. The fourth-order valence-electron chi connectivity index (χ4n) is 2.90. The predicted molar refractivity (Wildman–Crippen MR) is 92.9 cm³/mol. The van der Waals surface area contributed by atoms with Crippen LogP contribution in [0.5, 0.6) is 0 Å². The molecule has 1 fully saturated rings. The van der Waals surface area contributed by atoms with Crippen molar-refractivity contribution >= 4 is 0 Å². The van der Waals surface area contributed by atoms with Crippen molar-refractivity contribution in [1.29, 1.82) is 0 Å². The summed E-state index contributed by atoms with van der Waals surface area (Å²) < 4.78 is 17.4. The molecule has 0 unspecified atom stereocenters. The molecule has 0 bridgehead atoms. The molecule has 134 valence electrons. The van der Waals surface area contributed by atoms with E-state index in [9.17, 15) is 10.2 Å². The van der Waals surface area contributed by atoms with Crippen molar-refractivity contribution in [2.45, 2.75) is 37.6 Å². The van der Waals surface area contributed by atoms with Crippen LogP contribution in [0.4, 0.5) is 0 Å². The van der Waals surface area contributed by atoms with Gasteiger partial charge >= 0.3 is 0 Å². The summed E-state index contributed by atoms with van der Waals surface area (Å²) in [5.41, 5.74) is 2.06. The van der Waals surface area contributed by atoms with E-state index in [0.717, 1.165) is 11.1 Å². The van der Waals surface area contributed by atoms with Crippen molar-refractivity contribution in [2.24, 2.45) is 0 Å². The zero-order valence-corrected chi connectivity index (χ0v) is 14.0. The Bertz CT molecular complexity index is 618. The lowest BCUT2D eigenvalue weighted by molar-refractivity contribution is -0.228. The fourth-order valence-corrected chi connectivity index (χ4v) is 2.90. The molecule has 0 saturated carbocycles. The Labute approximate surface area is 147 Å². The molecule has 1 aliphatic heterocycles. The monoisotopic (exact) mass is 344 g/mol. The number of aliphatic hydroxyl groups is 2. The topological polar surface area (TPSA) is 68.2 Å². The van der Waals surface area contributed by atoms with Crippen LogP contribution in [0.15, 0.2) is 60.7 Å². The summed E-state index contributed by atoms with van der Waals surface area (Å²) in [6.45, 7) is 0.800. The molecule has 1 aliphatic rings. The van der Waals surface area contributed by atoms with E-state index < -0.39 is 24.4 Å². The Morgan fingerprint density at radius 3 is 2.00 bits per heavy atom. The van der Waals surface area contributed by atoms with Gasteiger partial charge in [0.05, 0.1) is 26.4 Å². The first-order valence-corrected chi connectivity index (χ1v) is 8.49. The summed E-state index contributed by atoms with van der Waals surface area (Å²) >= 11 is 0. The Kier molecular flexibility index (Phi) is 6.55. The minimum atomic E-state index is -0.941. The highest BCUT2D eigenvalue weighted by atomic mass is 16.6. The standard InChI is InChI=1S/C20H24O5/c21-11-17-19(22)20(25-13-16-9-5-2-6-10-16)18(14-24-17)23-12-15-7-3-1-4-8-15/h1-10,17-22H,11-14H2/t17-,18+,19-,20-/m1/s1. The molecule has 5 nitrogen and oxygen atoms in total. The minimum Gasteiger partial charge on any atom is -0.394 e. The summed E-state index contributed by atoms with van der Waals surface area (Å²) in [5.74, 6) is 0. The largest absolute Gasteiger partial charge is 0.394 e. The second kappa shape index (κ2) is 9.08. The van der Waals surface area contributed by atoms with Crippen molar-refractivity contribution < 1.29 is 24.4 Å². The van der Waals surface area contributed by atoms with Gasteiger partial charge in [0.1, 0.15) is 24.4 Å². The maximum Gasteiger partial charge on any atom is 0.115 e. The molecule has 2 N–H and O–H groups in total. The first-order chi connectivity index (χ1) is 12.3. The average Bonchev–Trinajstić information content (AvgIpc) is 2.67. The third kappa shape index (κ3) is 4.87. The molecule has 0 spiro atoms. The minimum absolute atomic E-state index is 0.252. The van der Waals surface area contributed by atoms with Gasteiger partial charge in [-0.2, -0.15) is 0 Å². The lowest BCUT2D eigenvalue weighted by atomic mass is 10.00. The smallest absolute Gasteiger partial charge is 0.115 e. The maximum atomic E-state index is 10.5. The van der Waals surface area contributed by atoms with Crippen LogP contribution in [0.25, 0.3) is 0 Å². The van der Waals surface area contributed by atoms with Crippen LogP contribution >= 0.6 is 0 Å². The molecule has 1 heterocycles. The summed E-state index contributed by atoms with van der Waals surface area (Å²) in [4.78, 5) is 0. The van der Waals surface area contributed by atoms with Gasteiger partial charge in [0.2, 0.25) is 0 Å². The molecule has 1 saturated heterocycles. The van der Waals surface area contributed by atoms with Crippen LogP contribution in [-0.4, -0.2) is 47.8 Å². The van der Waals surface area contributed by atoms with Crippen molar-refractivity contribution in [3.8, 4) is 0 Å². The first kappa shape index (κ1) is 18.0. The first-order valence-electron chi connectivity index (χ1n) is 8.49. The van der Waals surface area contributed by atoms with Crippen LogP contribution in [0.3, 0.4) is 0 Å². The van der Waals surface area contributed by atoms with Crippen molar-refractivity contribution in [3.05, 3.63) is 71.8 Å². The zero-order valence-electron chi connectivity index (χ0n) is 14.0. The van der Waals surface area contributed by atoms with Gasteiger partial charge in [-0.1, -0.05) is 60.7 Å². The molecule has 25 heavy (non-hydrogen) atoms. The lowest BCUT2D eigenvalue weighted by Crippen LogP contribution is -2.56. The number of ether oxygens (including phenoxy) is 3. The molecule has 0 amide bonds. The SMILES string of the molecule is OC[C@H]1OC[C@H](OCc2ccccc2)[C@@H](OCc2ccccc2)[C@@H]1O. The number of rotatable bonds is 7. The van der Waals surface area contributed by atoms with E-state index in [1.807, 2.05) is 60.7 Å². The predicted octanol–water partition coefficient (Wildman–Crippen LogP) is 1.91. The normalized spacial score (nSPS) is 26.5. The number of aliphatic hydroxyl groups excluding tert-OH is 2. The van der Waals surface area contributed by atoms with E-state index in [2.05, 4.69) is 0 Å². The van der Waals surface area contributed by atoms with Crippen LogP contribution in [0, 0.1) is 0 Å². The lowest BCUT2D eigenvalue weighted by Gasteiger charge is -2.39. The van der Waals surface area contributed by atoms with Crippen LogP contribution in [-0.2, 0) is 27.4 Å². The molecule has 0 aliphatic carbocycles. The zero-order chi connectivity index (χ0) is 17.5. The average molecular weight is 344 g/mol. The molecule has 3 rings (SSSR count). The molecular formula is C20H24O5. The number of hydrogen-bond donors (Lipinski definition) is 2. The van der Waals surface area contributed by atoms with E-state index in [-0.39, 0.29) is 13.2 Å². The van der Waals surface area contributed by atoms with Crippen molar-refractivity contribution in [3.63, 3.8) is 0 Å². The molecule has 5 heteroatoms. The highest BCUT2D eigenvalue weighted by Gasteiger charge is 2.40. The summed E-state index contributed by atoms with van der Waals surface area (Å²) in [6.07, 6.45) is -2.56. The second-order valence-electron chi connectivity index (χ2n) is 6.14. The van der Waals surface area contributed by atoms with Crippen LogP contribution < -0.4 is 0 Å². The Hall–Kier alpha value is -1.76. The van der Waals surface area contributed by atoms with E-state index in [0.29, 0.717) is 13.2 Å². The van der Waals surface area contributed by atoms with Crippen LogP contribution in [0.1, 0.15) is 11.1 Å². The second-order valence-corrected chi connectivity index (χ2v) is 6.14. The fraction of sp³-hybridized carbons (Fsp3) is 0.400. The summed E-state index contributed by atoms with van der Waals surface area (Å²) in [6, 6.07) is 19.6. The van der Waals surface area contributed by atoms with Gasteiger partial charge in [0, 0.05) is 0 Å². The molecule has 2 aromatic rings. The third-order valence-electron chi connectivity index (χ3n) is 4.33. The number of benzene rings is 2. The molecule has 0 radical (unpaired) electrons. The van der Waals surface area contributed by atoms with Gasteiger partial charge in [-0.3, -0.25) is 0 Å². The van der Waals surface area contributed by atoms with Crippen molar-refractivity contribution in [2.75, 3.05) is 13.2 Å². The highest BCUT2D eigenvalue weighted by Crippen LogP contribution is 2.23. The molecule has 2 aromatic carbocycles. The van der Waals surface area contributed by atoms with E-state index in [1.54, 1.807) is 0 Å². The van der Waals surface area contributed by atoms with Gasteiger partial charge in [-0.05, 0) is 11.1 Å². The van der Waals surface area contributed by atoms with Gasteiger partial charge in [-0.25, -0.2) is 0 Å². The summed E-state index contributed by atoms with van der Waals surface area (Å²) in [7, 11) is 0. The quantitative estimate of drug-likeness (QED) is 0.803. The van der Waals surface area contributed by atoms with Gasteiger partial charge < -0.3 is 24.4 Å². The Morgan fingerprint density at radius 2 is 1.44 bits per heavy atom. The van der Waals surface area contributed by atoms with E-state index in [4.69, 9.17) is 14.2 Å². The molecular weight excluding hydrogens is 320 g/mol. The molecule has 0 aromatic heterocycles. The highest BCUT2D eigenvalue weighted by molar-refractivity contribution is 5.14. The Balaban J connectivity index is 1.63. The maximum absolute atomic E-state index is 10.5. The van der Waals surface area contributed by atoms with Gasteiger partial charge in [0.15, 0.2) is 0 Å². The van der Waals surface area contributed by atoms with Crippen molar-refractivity contribution in [1.82, 2.24) is 0 Å².